The zero-order valence-electron chi connectivity index (χ0n) is 21.0. The highest BCUT2D eigenvalue weighted by Crippen LogP contribution is 2.27. The van der Waals surface area contributed by atoms with Gasteiger partial charge in [0.2, 0.25) is 0 Å². The van der Waals surface area contributed by atoms with Crippen LogP contribution in [0.4, 0.5) is 4.39 Å². The van der Waals surface area contributed by atoms with Crippen molar-refractivity contribution in [3.8, 4) is 11.3 Å². The van der Waals surface area contributed by atoms with E-state index < -0.39 is 0 Å². The second-order valence-corrected chi connectivity index (χ2v) is 10.1. The van der Waals surface area contributed by atoms with Crippen molar-refractivity contribution in [2.24, 2.45) is 0 Å². The van der Waals surface area contributed by atoms with Crippen LogP contribution in [0.3, 0.4) is 0 Å². The molecule has 2 heterocycles. The highest BCUT2D eigenvalue weighted by atomic mass is 19.1. The lowest BCUT2D eigenvalue weighted by molar-refractivity contribution is 0.0726. The highest BCUT2D eigenvalue weighted by Gasteiger charge is 2.24. The number of aromatic nitrogens is 3. The molecule has 0 spiro atoms. The summed E-state index contributed by atoms with van der Waals surface area (Å²) in [4.78, 5) is 22.4. The first kappa shape index (κ1) is 24.5. The van der Waals surface area contributed by atoms with Crippen LogP contribution in [-0.2, 0) is 12.0 Å². The maximum atomic E-state index is 13.8. The van der Waals surface area contributed by atoms with E-state index in [4.69, 9.17) is 10.1 Å². The van der Waals surface area contributed by atoms with E-state index in [1.165, 1.54) is 12.1 Å². The number of hydrogen-bond donors (Lipinski definition) is 0. The summed E-state index contributed by atoms with van der Waals surface area (Å²) in [7, 11) is 3.98. The minimum atomic E-state index is -0.316. The van der Waals surface area contributed by atoms with Crippen molar-refractivity contribution in [2.45, 2.75) is 32.7 Å². The Balaban J connectivity index is 1.81. The zero-order valence-corrected chi connectivity index (χ0v) is 21.0. The number of hydrogen-bond acceptors (Lipinski definition) is 4. The molecule has 0 aliphatic rings. The minimum absolute atomic E-state index is 0.153. The number of likely N-dealkylation sites (N-methyl/N-ethyl adjacent to an activating group) is 1. The smallest absolute Gasteiger partial charge is 0.272 e. The Morgan fingerprint density at radius 3 is 2.29 bits per heavy atom. The highest BCUT2D eigenvalue weighted by molar-refractivity contribution is 5.94. The molecule has 1 amide bonds. The largest absolute Gasteiger partial charge is 0.332 e. The van der Waals surface area contributed by atoms with E-state index in [1.807, 2.05) is 55.4 Å². The van der Waals surface area contributed by atoms with Crippen LogP contribution < -0.4 is 0 Å². The van der Waals surface area contributed by atoms with E-state index in [1.54, 1.807) is 22.7 Å². The summed E-state index contributed by atoms with van der Waals surface area (Å²) in [5, 5.41) is 4.78. The Morgan fingerprint density at radius 1 is 0.971 bits per heavy atom. The third kappa shape index (κ3) is 5.74. The molecule has 7 heteroatoms. The second kappa shape index (κ2) is 9.96. The van der Waals surface area contributed by atoms with Gasteiger partial charge >= 0.3 is 0 Å². The zero-order chi connectivity index (χ0) is 25.2. The fourth-order valence-electron chi connectivity index (χ4n) is 3.82. The van der Waals surface area contributed by atoms with E-state index in [0.29, 0.717) is 30.1 Å². The first-order chi connectivity index (χ1) is 16.6. The molecule has 0 radical (unpaired) electrons. The molecule has 0 aliphatic carbocycles. The molecule has 0 fully saturated rings. The van der Waals surface area contributed by atoms with Gasteiger partial charge in [0.1, 0.15) is 11.5 Å². The molecule has 0 N–H and O–H groups in total. The molecule has 0 aliphatic heterocycles. The molecule has 0 unspecified atom stereocenters. The average Bonchev–Trinajstić information content (AvgIpc) is 3.27. The number of carbonyl (C=O) groups is 1. The van der Waals surface area contributed by atoms with Crippen molar-refractivity contribution >= 4 is 11.6 Å². The molecular weight excluding hydrogens is 441 g/mol. The van der Waals surface area contributed by atoms with Gasteiger partial charge in [-0.05, 0) is 50.0 Å². The molecule has 0 atom stereocenters. The summed E-state index contributed by atoms with van der Waals surface area (Å²) in [6.45, 7) is 8.03. The van der Waals surface area contributed by atoms with Gasteiger partial charge in [-0.1, -0.05) is 51.1 Å². The standard InChI is InChI=1S/C28H32FN5O/c1-28(2,3)25-18-26-30-23(17-24(34(26)31-25)21-11-13-22(29)14-12-21)27(35)33(16-15-32(4)5)19-20-9-7-6-8-10-20/h6-14,17-18H,15-16,19H2,1-5H3. The van der Waals surface area contributed by atoms with Gasteiger partial charge in [0.05, 0.1) is 11.4 Å². The van der Waals surface area contributed by atoms with Crippen LogP contribution in [0.1, 0.15) is 42.5 Å². The molecule has 4 aromatic rings. The maximum absolute atomic E-state index is 13.8. The van der Waals surface area contributed by atoms with Crippen LogP contribution >= 0.6 is 0 Å². The van der Waals surface area contributed by atoms with Gasteiger partial charge in [0, 0.05) is 36.7 Å². The van der Waals surface area contributed by atoms with Crippen molar-refractivity contribution < 1.29 is 9.18 Å². The van der Waals surface area contributed by atoms with Crippen LogP contribution in [0.25, 0.3) is 16.9 Å². The Morgan fingerprint density at radius 2 is 1.66 bits per heavy atom. The summed E-state index contributed by atoms with van der Waals surface area (Å²) in [6.07, 6.45) is 0. The van der Waals surface area contributed by atoms with E-state index in [9.17, 15) is 9.18 Å². The maximum Gasteiger partial charge on any atom is 0.272 e. The van der Waals surface area contributed by atoms with Crippen LogP contribution in [0.5, 0.6) is 0 Å². The summed E-state index contributed by atoms with van der Waals surface area (Å²) in [5.74, 6) is -0.469. The number of carbonyl (C=O) groups excluding carboxylic acids is 1. The number of fused-ring (bicyclic) bond motifs is 1. The minimum Gasteiger partial charge on any atom is -0.332 e. The molecule has 35 heavy (non-hydrogen) atoms. The van der Waals surface area contributed by atoms with Gasteiger partial charge in [-0.25, -0.2) is 13.9 Å². The molecule has 2 aromatic carbocycles. The normalized spacial score (nSPS) is 11.9. The first-order valence-electron chi connectivity index (χ1n) is 11.8. The number of nitrogens with zero attached hydrogens (tertiary/aromatic N) is 5. The lowest BCUT2D eigenvalue weighted by Crippen LogP contribution is -2.36. The monoisotopic (exact) mass is 473 g/mol. The third-order valence-corrected chi connectivity index (χ3v) is 5.88. The predicted octanol–water partition coefficient (Wildman–Crippen LogP) is 5.04. The predicted molar refractivity (Wildman–Crippen MR) is 137 cm³/mol. The van der Waals surface area contributed by atoms with Crippen LogP contribution in [0, 0.1) is 5.82 Å². The number of rotatable bonds is 7. The van der Waals surface area contributed by atoms with Crippen molar-refractivity contribution in [3.05, 3.63) is 89.5 Å². The Kier molecular flexibility index (Phi) is 6.98. The SMILES string of the molecule is CN(C)CCN(Cc1ccccc1)C(=O)c1cc(-c2ccc(F)cc2)n2nc(C(C)(C)C)cc2n1. The fourth-order valence-corrected chi connectivity index (χ4v) is 3.82. The van der Waals surface area contributed by atoms with Gasteiger partial charge < -0.3 is 9.80 Å². The molecule has 182 valence electrons. The van der Waals surface area contributed by atoms with Crippen molar-refractivity contribution in [3.63, 3.8) is 0 Å². The molecule has 6 nitrogen and oxygen atoms in total. The topological polar surface area (TPSA) is 53.7 Å². The van der Waals surface area contributed by atoms with E-state index in [0.717, 1.165) is 23.4 Å². The lowest BCUT2D eigenvalue weighted by atomic mass is 9.93. The molecule has 0 bridgehead atoms. The van der Waals surface area contributed by atoms with Gasteiger partial charge in [-0.2, -0.15) is 5.10 Å². The van der Waals surface area contributed by atoms with Crippen LogP contribution in [-0.4, -0.2) is 57.5 Å². The quantitative estimate of drug-likeness (QED) is 0.378. The van der Waals surface area contributed by atoms with Crippen molar-refractivity contribution in [1.82, 2.24) is 24.4 Å². The van der Waals surface area contributed by atoms with Crippen molar-refractivity contribution in [2.75, 3.05) is 27.2 Å². The lowest BCUT2D eigenvalue weighted by Gasteiger charge is -2.24. The molecule has 0 saturated heterocycles. The third-order valence-electron chi connectivity index (χ3n) is 5.88. The fraction of sp³-hybridized carbons (Fsp3) is 0.321. The number of benzene rings is 2. The van der Waals surface area contributed by atoms with Gasteiger partial charge in [-0.3, -0.25) is 4.79 Å². The van der Waals surface area contributed by atoms with E-state index >= 15 is 0 Å². The Bertz CT molecular complexity index is 1310. The number of halogens is 1. The Labute approximate surface area is 206 Å². The summed E-state index contributed by atoms with van der Waals surface area (Å²) >= 11 is 0. The summed E-state index contributed by atoms with van der Waals surface area (Å²) in [6, 6.07) is 19.9. The first-order valence-corrected chi connectivity index (χ1v) is 11.8. The van der Waals surface area contributed by atoms with Gasteiger partial charge in [0.25, 0.3) is 5.91 Å². The van der Waals surface area contributed by atoms with Crippen LogP contribution in [0.15, 0.2) is 66.7 Å². The molecule has 0 saturated carbocycles. The van der Waals surface area contributed by atoms with E-state index in [-0.39, 0.29) is 17.1 Å². The average molecular weight is 474 g/mol. The van der Waals surface area contributed by atoms with Gasteiger partial charge in [0.15, 0.2) is 5.65 Å². The summed E-state index contributed by atoms with van der Waals surface area (Å²) in [5.41, 5.74) is 4.12. The molecule has 2 aromatic heterocycles. The molecule has 4 rings (SSSR count). The molecular formula is C28H32FN5O. The van der Waals surface area contributed by atoms with Gasteiger partial charge in [-0.15, -0.1) is 0 Å². The van der Waals surface area contributed by atoms with E-state index in [2.05, 4.69) is 25.7 Å². The van der Waals surface area contributed by atoms with Crippen LogP contribution in [0.2, 0.25) is 0 Å². The Hall–Kier alpha value is -3.58. The number of amides is 1. The summed E-state index contributed by atoms with van der Waals surface area (Å²) < 4.78 is 15.4. The van der Waals surface area contributed by atoms with Crippen molar-refractivity contribution in [1.29, 1.82) is 0 Å². The second-order valence-electron chi connectivity index (χ2n) is 10.1.